The van der Waals surface area contributed by atoms with Gasteiger partial charge in [0, 0.05) is 22.0 Å². The van der Waals surface area contributed by atoms with Gasteiger partial charge in [0.25, 0.3) is 0 Å². The molecule has 1 saturated heterocycles. The van der Waals surface area contributed by atoms with Crippen LogP contribution in [-0.4, -0.2) is 28.6 Å². The first-order chi connectivity index (χ1) is 8.16. The molecule has 92 valence electrons. The zero-order valence-electron chi connectivity index (χ0n) is 9.28. The summed E-state index contributed by atoms with van der Waals surface area (Å²) >= 11 is 5.28. The second kappa shape index (κ2) is 5.78. The molecule has 2 rings (SSSR count). The molecule has 0 radical (unpaired) electrons. The second-order valence-electron chi connectivity index (χ2n) is 4.02. The van der Waals surface area contributed by atoms with E-state index in [1.54, 1.807) is 6.07 Å². The summed E-state index contributed by atoms with van der Waals surface area (Å²) in [5, 5.41) is 12.9. The van der Waals surface area contributed by atoms with Crippen LogP contribution in [0.2, 0.25) is 0 Å². The Morgan fingerprint density at radius 3 is 3.00 bits per heavy atom. The number of thioether (sulfide) groups is 1. The number of halogens is 1. The van der Waals surface area contributed by atoms with E-state index in [0.29, 0.717) is 15.3 Å². The monoisotopic (exact) mass is 315 g/mol. The molecular formula is C12H14BrNO2S. The first kappa shape index (κ1) is 12.8. The number of hydrogen-bond acceptors (Lipinski definition) is 3. The summed E-state index contributed by atoms with van der Waals surface area (Å²) in [5.74, 6) is 0.350. The van der Waals surface area contributed by atoms with Crippen LogP contribution >= 0.6 is 27.7 Å². The molecule has 0 aliphatic carbocycles. The molecule has 1 aliphatic rings. The fourth-order valence-electron chi connectivity index (χ4n) is 1.84. The van der Waals surface area contributed by atoms with E-state index in [9.17, 15) is 4.79 Å². The minimum absolute atomic E-state index is 0.297. The number of anilines is 1. The van der Waals surface area contributed by atoms with Crippen LogP contribution in [0.5, 0.6) is 0 Å². The van der Waals surface area contributed by atoms with E-state index in [4.69, 9.17) is 5.11 Å². The van der Waals surface area contributed by atoms with E-state index < -0.39 is 5.97 Å². The summed E-state index contributed by atoms with van der Waals surface area (Å²) in [6.45, 7) is 0.948. The molecule has 1 fully saturated rings. The van der Waals surface area contributed by atoms with Crippen molar-refractivity contribution in [2.24, 2.45) is 0 Å². The molecule has 0 spiro atoms. The SMILES string of the molecule is O=C(O)c1ccc(NCC2CCCS2)cc1Br. The van der Waals surface area contributed by atoms with Gasteiger partial charge in [-0.05, 0) is 52.7 Å². The lowest BCUT2D eigenvalue weighted by Gasteiger charge is -2.12. The van der Waals surface area contributed by atoms with Crippen molar-refractivity contribution in [3.63, 3.8) is 0 Å². The van der Waals surface area contributed by atoms with Crippen LogP contribution in [0.4, 0.5) is 5.69 Å². The standard InChI is InChI=1S/C12H14BrNO2S/c13-11-6-8(3-4-10(11)12(15)16)14-7-9-2-1-5-17-9/h3-4,6,9,14H,1-2,5,7H2,(H,15,16). The summed E-state index contributed by atoms with van der Waals surface area (Å²) in [6, 6.07) is 5.26. The zero-order chi connectivity index (χ0) is 12.3. The largest absolute Gasteiger partial charge is 0.478 e. The van der Waals surface area contributed by atoms with Crippen molar-refractivity contribution in [1.82, 2.24) is 0 Å². The van der Waals surface area contributed by atoms with E-state index in [0.717, 1.165) is 12.2 Å². The number of benzene rings is 1. The molecular weight excluding hydrogens is 302 g/mol. The highest BCUT2D eigenvalue weighted by Crippen LogP contribution is 2.27. The van der Waals surface area contributed by atoms with Gasteiger partial charge in [0.1, 0.15) is 0 Å². The van der Waals surface area contributed by atoms with Crippen molar-refractivity contribution in [3.8, 4) is 0 Å². The third kappa shape index (κ3) is 3.39. The molecule has 0 amide bonds. The molecule has 1 atom stereocenters. The predicted molar refractivity (Wildman–Crippen MR) is 75.1 cm³/mol. The third-order valence-electron chi connectivity index (χ3n) is 2.76. The molecule has 1 aromatic carbocycles. The van der Waals surface area contributed by atoms with Gasteiger partial charge in [-0.2, -0.15) is 11.8 Å². The number of hydrogen-bond donors (Lipinski definition) is 2. The van der Waals surface area contributed by atoms with Crippen LogP contribution < -0.4 is 5.32 Å². The van der Waals surface area contributed by atoms with Gasteiger partial charge in [0.15, 0.2) is 0 Å². The van der Waals surface area contributed by atoms with Crippen molar-refractivity contribution in [2.75, 3.05) is 17.6 Å². The van der Waals surface area contributed by atoms with Crippen LogP contribution in [0.25, 0.3) is 0 Å². The minimum Gasteiger partial charge on any atom is -0.478 e. The molecule has 1 aromatic rings. The maximum absolute atomic E-state index is 10.8. The Hall–Kier alpha value is -0.680. The van der Waals surface area contributed by atoms with E-state index in [-0.39, 0.29) is 0 Å². The number of aromatic carboxylic acids is 1. The lowest BCUT2D eigenvalue weighted by molar-refractivity contribution is 0.0696. The first-order valence-corrected chi connectivity index (χ1v) is 7.39. The van der Waals surface area contributed by atoms with Gasteiger partial charge in [0.2, 0.25) is 0 Å². The van der Waals surface area contributed by atoms with Crippen molar-refractivity contribution < 1.29 is 9.90 Å². The lowest BCUT2D eigenvalue weighted by atomic mass is 10.2. The van der Waals surface area contributed by atoms with Crippen molar-refractivity contribution >= 4 is 39.3 Å². The van der Waals surface area contributed by atoms with Crippen LogP contribution in [0, 0.1) is 0 Å². The maximum atomic E-state index is 10.8. The maximum Gasteiger partial charge on any atom is 0.336 e. The average Bonchev–Trinajstić information content (AvgIpc) is 2.78. The van der Waals surface area contributed by atoms with Crippen LogP contribution in [-0.2, 0) is 0 Å². The van der Waals surface area contributed by atoms with Crippen LogP contribution in [0.3, 0.4) is 0 Å². The molecule has 1 heterocycles. The molecule has 0 aromatic heterocycles. The smallest absolute Gasteiger partial charge is 0.336 e. The Balaban J connectivity index is 1.97. The number of nitrogens with one attached hydrogen (secondary N) is 1. The molecule has 1 unspecified atom stereocenters. The fraction of sp³-hybridized carbons (Fsp3) is 0.417. The highest BCUT2D eigenvalue weighted by molar-refractivity contribution is 9.10. The molecule has 5 heteroatoms. The minimum atomic E-state index is -0.908. The Labute approximate surface area is 113 Å². The summed E-state index contributed by atoms with van der Waals surface area (Å²) in [6.07, 6.45) is 2.57. The molecule has 0 bridgehead atoms. The Bertz CT molecular complexity index is 419. The Morgan fingerprint density at radius 1 is 1.59 bits per heavy atom. The number of rotatable bonds is 4. The summed E-state index contributed by atoms with van der Waals surface area (Å²) in [4.78, 5) is 10.8. The van der Waals surface area contributed by atoms with Gasteiger partial charge in [-0.3, -0.25) is 0 Å². The van der Waals surface area contributed by atoms with Crippen LogP contribution in [0.15, 0.2) is 22.7 Å². The quantitative estimate of drug-likeness (QED) is 0.893. The van der Waals surface area contributed by atoms with Gasteiger partial charge < -0.3 is 10.4 Å². The average molecular weight is 316 g/mol. The molecule has 3 nitrogen and oxygen atoms in total. The molecule has 17 heavy (non-hydrogen) atoms. The summed E-state index contributed by atoms with van der Waals surface area (Å²) in [5.41, 5.74) is 1.26. The third-order valence-corrected chi connectivity index (χ3v) is 4.81. The van der Waals surface area contributed by atoms with E-state index >= 15 is 0 Å². The normalized spacial score (nSPS) is 19.2. The first-order valence-electron chi connectivity index (χ1n) is 5.55. The van der Waals surface area contributed by atoms with E-state index in [1.165, 1.54) is 18.6 Å². The fourth-order valence-corrected chi connectivity index (χ4v) is 3.59. The van der Waals surface area contributed by atoms with Gasteiger partial charge >= 0.3 is 5.97 Å². The highest BCUT2D eigenvalue weighted by Gasteiger charge is 2.15. The van der Waals surface area contributed by atoms with Gasteiger partial charge in [-0.25, -0.2) is 4.79 Å². The van der Waals surface area contributed by atoms with E-state index in [2.05, 4.69) is 21.2 Å². The molecule has 2 N–H and O–H groups in total. The second-order valence-corrected chi connectivity index (χ2v) is 6.28. The van der Waals surface area contributed by atoms with Gasteiger partial charge in [-0.1, -0.05) is 0 Å². The number of carboxylic acid groups (broad SMARTS) is 1. The summed E-state index contributed by atoms with van der Waals surface area (Å²) in [7, 11) is 0. The molecule has 1 aliphatic heterocycles. The van der Waals surface area contributed by atoms with Crippen LogP contribution in [0.1, 0.15) is 23.2 Å². The molecule has 0 saturated carbocycles. The predicted octanol–water partition coefficient (Wildman–Crippen LogP) is 3.45. The Morgan fingerprint density at radius 2 is 2.41 bits per heavy atom. The lowest BCUT2D eigenvalue weighted by Crippen LogP contribution is -2.13. The van der Waals surface area contributed by atoms with E-state index in [1.807, 2.05) is 23.9 Å². The van der Waals surface area contributed by atoms with Crippen molar-refractivity contribution in [3.05, 3.63) is 28.2 Å². The number of carboxylic acids is 1. The Kier molecular flexibility index (Phi) is 4.34. The van der Waals surface area contributed by atoms with Crippen molar-refractivity contribution in [2.45, 2.75) is 18.1 Å². The zero-order valence-corrected chi connectivity index (χ0v) is 11.7. The van der Waals surface area contributed by atoms with Gasteiger partial charge in [-0.15, -0.1) is 0 Å². The highest BCUT2D eigenvalue weighted by atomic mass is 79.9. The topological polar surface area (TPSA) is 49.3 Å². The summed E-state index contributed by atoms with van der Waals surface area (Å²) < 4.78 is 0.620. The van der Waals surface area contributed by atoms with Gasteiger partial charge in [0.05, 0.1) is 5.56 Å². The number of carbonyl (C=O) groups is 1. The van der Waals surface area contributed by atoms with Crippen molar-refractivity contribution in [1.29, 1.82) is 0 Å².